The number of amides is 1. The number of hydrogen-bond donors (Lipinski definition) is 1. The van der Waals surface area contributed by atoms with Crippen LogP contribution in [0.1, 0.15) is 61.1 Å². The predicted molar refractivity (Wildman–Crippen MR) is 130 cm³/mol. The zero-order valence-electron chi connectivity index (χ0n) is 18.7. The minimum atomic E-state index is 0. The van der Waals surface area contributed by atoms with Crippen molar-refractivity contribution in [2.75, 3.05) is 18.4 Å². The van der Waals surface area contributed by atoms with Crippen LogP contribution in [0.4, 0.5) is 11.4 Å². The lowest BCUT2D eigenvalue weighted by atomic mass is 9.98. The summed E-state index contributed by atoms with van der Waals surface area (Å²) in [5, 5.41) is 4.40. The van der Waals surface area contributed by atoms with E-state index < -0.39 is 0 Å². The number of nitrogens with zero attached hydrogens (tertiary/aromatic N) is 3. The maximum Gasteiger partial charge on any atom is 0.257 e. The number of aromatic nitrogens is 2. The van der Waals surface area contributed by atoms with E-state index in [0.29, 0.717) is 23.0 Å². The largest absolute Gasteiger partial charge is 0.354 e. The molecule has 0 saturated carbocycles. The van der Waals surface area contributed by atoms with Gasteiger partial charge in [0.15, 0.2) is 5.65 Å². The summed E-state index contributed by atoms with van der Waals surface area (Å²) in [5.74, 6) is 1.15. The third kappa shape index (κ3) is 4.99. The first-order valence-electron chi connectivity index (χ1n) is 10.8. The number of pyridine rings is 2. The van der Waals surface area contributed by atoms with E-state index >= 15 is 0 Å². The molecule has 0 spiro atoms. The Hall–Kier alpha value is -2.66. The SMILES string of the molecule is Cc1ccc2c(Nc3cccc(C(C)C)c3)c(C(=O)N3CCC(C)CC3)cnc2n1.Cl. The first-order chi connectivity index (χ1) is 14.4. The molecule has 31 heavy (non-hydrogen) atoms. The summed E-state index contributed by atoms with van der Waals surface area (Å²) >= 11 is 0. The minimum absolute atomic E-state index is 0. The Kier molecular flexibility index (Phi) is 7.16. The lowest BCUT2D eigenvalue weighted by Crippen LogP contribution is -2.38. The molecule has 1 aliphatic rings. The molecule has 1 saturated heterocycles. The molecule has 1 N–H and O–H groups in total. The van der Waals surface area contributed by atoms with Gasteiger partial charge in [-0.3, -0.25) is 4.79 Å². The van der Waals surface area contributed by atoms with Gasteiger partial charge in [-0.2, -0.15) is 0 Å². The number of carbonyl (C=O) groups is 1. The molecule has 5 nitrogen and oxygen atoms in total. The van der Waals surface area contributed by atoms with E-state index in [1.165, 1.54) is 5.56 Å². The van der Waals surface area contributed by atoms with Crippen LogP contribution >= 0.6 is 12.4 Å². The number of rotatable bonds is 4. The normalized spacial score (nSPS) is 14.5. The number of benzene rings is 1. The zero-order chi connectivity index (χ0) is 21.3. The maximum absolute atomic E-state index is 13.4. The third-order valence-corrected chi connectivity index (χ3v) is 5.99. The molecule has 0 radical (unpaired) electrons. The van der Waals surface area contributed by atoms with Crippen LogP contribution in [0.3, 0.4) is 0 Å². The van der Waals surface area contributed by atoms with Gasteiger partial charge in [0.2, 0.25) is 0 Å². The highest BCUT2D eigenvalue weighted by Crippen LogP contribution is 2.31. The number of fused-ring (bicyclic) bond motifs is 1. The van der Waals surface area contributed by atoms with Gasteiger partial charge in [0, 0.05) is 36.1 Å². The van der Waals surface area contributed by atoms with Crippen LogP contribution in [-0.2, 0) is 0 Å². The molecule has 164 valence electrons. The molecular weight excluding hydrogens is 408 g/mol. The molecule has 2 aromatic heterocycles. The molecule has 0 unspecified atom stereocenters. The Labute approximate surface area is 190 Å². The molecule has 0 atom stereocenters. The van der Waals surface area contributed by atoms with Gasteiger partial charge in [0.05, 0.1) is 11.3 Å². The number of anilines is 2. The molecule has 4 rings (SSSR count). The van der Waals surface area contributed by atoms with Crippen LogP contribution in [0.2, 0.25) is 0 Å². The van der Waals surface area contributed by atoms with E-state index in [-0.39, 0.29) is 18.3 Å². The summed E-state index contributed by atoms with van der Waals surface area (Å²) in [6.07, 6.45) is 3.78. The molecule has 1 fully saturated rings. The average molecular weight is 439 g/mol. The van der Waals surface area contributed by atoms with E-state index in [1.54, 1.807) is 6.20 Å². The fraction of sp³-hybridized carbons (Fsp3) is 0.400. The Bertz CT molecular complexity index is 1070. The van der Waals surface area contributed by atoms with Gasteiger partial charge in [-0.05, 0) is 61.4 Å². The Morgan fingerprint density at radius 1 is 1.16 bits per heavy atom. The molecule has 1 aromatic carbocycles. The number of likely N-dealkylation sites (tertiary alicyclic amines) is 1. The van der Waals surface area contributed by atoms with Crippen molar-refractivity contribution in [1.29, 1.82) is 0 Å². The minimum Gasteiger partial charge on any atom is -0.354 e. The Morgan fingerprint density at radius 3 is 2.61 bits per heavy atom. The van der Waals surface area contributed by atoms with Gasteiger partial charge in [-0.15, -0.1) is 12.4 Å². The molecule has 0 bridgehead atoms. The zero-order valence-corrected chi connectivity index (χ0v) is 19.5. The number of hydrogen-bond acceptors (Lipinski definition) is 4. The van der Waals surface area contributed by atoms with E-state index in [9.17, 15) is 4.79 Å². The van der Waals surface area contributed by atoms with Crippen LogP contribution in [0.25, 0.3) is 11.0 Å². The van der Waals surface area contributed by atoms with Crippen molar-refractivity contribution in [2.24, 2.45) is 5.92 Å². The second-order valence-electron chi connectivity index (χ2n) is 8.75. The fourth-order valence-electron chi connectivity index (χ4n) is 3.97. The third-order valence-electron chi connectivity index (χ3n) is 5.99. The van der Waals surface area contributed by atoms with Crippen molar-refractivity contribution < 1.29 is 4.79 Å². The summed E-state index contributed by atoms with van der Waals surface area (Å²) in [7, 11) is 0. The molecular formula is C25H31ClN4O. The summed E-state index contributed by atoms with van der Waals surface area (Å²) in [5.41, 5.74) is 5.18. The number of aryl methyl sites for hydroxylation is 1. The van der Waals surface area contributed by atoms with Crippen molar-refractivity contribution in [1.82, 2.24) is 14.9 Å². The van der Waals surface area contributed by atoms with Crippen molar-refractivity contribution in [3.63, 3.8) is 0 Å². The van der Waals surface area contributed by atoms with E-state index in [0.717, 1.165) is 48.4 Å². The van der Waals surface area contributed by atoms with Gasteiger partial charge in [0.1, 0.15) is 0 Å². The summed E-state index contributed by atoms with van der Waals surface area (Å²) in [6.45, 7) is 10.2. The lowest BCUT2D eigenvalue weighted by molar-refractivity contribution is 0.0698. The highest BCUT2D eigenvalue weighted by molar-refractivity contribution is 6.07. The van der Waals surface area contributed by atoms with Crippen LogP contribution in [0, 0.1) is 12.8 Å². The number of nitrogens with one attached hydrogen (secondary N) is 1. The molecule has 1 aliphatic heterocycles. The Morgan fingerprint density at radius 2 is 1.90 bits per heavy atom. The fourth-order valence-corrected chi connectivity index (χ4v) is 3.97. The maximum atomic E-state index is 13.4. The van der Waals surface area contributed by atoms with Gasteiger partial charge in [-0.25, -0.2) is 9.97 Å². The first-order valence-corrected chi connectivity index (χ1v) is 10.8. The highest BCUT2D eigenvalue weighted by Gasteiger charge is 2.25. The van der Waals surface area contributed by atoms with Crippen molar-refractivity contribution in [3.05, 3.63) is 59.4 Å². The average Bonchev–Trinajstić information content (AvgIpc) is 2.74. The molecule has 6 heteroatoms. The van der Waals surface area contributed by atoms with Crippen molar-refractivity contribution >= 4 is 40.7 Å². The summed E-state index contributed by atoms with van der Waals surface area (Å²) in [4.78, 5) is 24.5. The number of halogens is 1. The number of carbonyl (C=O) groups excluding carboxylic acids is 1. The topological polar surface area (TPSA) is 58.1 Å². The van der Waals surface area contributed by atoms with Gasteiger partial charge < -0.3 is 10.2 Å². The summed E-state index contributed by atoms with van der Waals surface area (Å²) in [6, 6.07) is 12.3. The Balaban J connectivity index is 0.00000272. The molecule has 0 aliphatic carbocycles. The van der Waals surface area contributed by atoms with Crippen LogP contribution in [0.5, 0.6) is 0 Å². The highest BCUT2D eigenvalue weighted by atomic mass is 35.5. The van der Waals surface area contributed by atoms with E-state index in [2.05, 4.69) is 54.3 Å². The van der Waals surface area contributed by atoms with Crippen LogP contribution < -0.4 is 5.32 Å². The second-order valence-corrected chi connectivity index (χ2v) is 8.75. The predicted octanol–water partition coefficient (Wildman–Crippen LogP) is 6.10. The van der Waals surface area contributed by atoms with Gasteiger partial charge in [-0.1, -0.05) is 32.9 Å². The van der Waals surface area contributed by atoms with Gasteiger partial charge in [0.25, 0.3) is 5.91 Å². The molecule has 1 amide bonds. The van der Waals surface area contributed by atoms with Crippen molar-refractivity contribution in [3.8, 4) is 0 Å². The first kappa shape index (κ1) is 23.0. The van der Waals surface area contributed by atoms with Crippen molar-refractivity contribution in [2.45, 2.75) is 46.5 Å². The summed E-state index contributed by atoms with van der Waals surface area (Å²) < 4.78 is 0. The quantitative estimate of drug-likeness (QED) is 0.534. The van der Waals surface area contributed by atoms with E-state index in [1.807, 2.05) is 30.0 Å². The van der Waals surface area contributed by atoms with Crippen LogP contribution in [-0.4, -0.2) is 33.9 Å². The smallest absolute Gasteiger partial charge is 0.257 e. The lowest BCUT2D eigenvalue weighted by Gasteiger charge is -2.31. The van der Waals surface area contributed by atoms with E-state index in [4.69, 9.17) is 0 Å². The monoisotopic (exact) mass is 438 g/mol. The molecule has 3 aromatic rings. The van der Waals surface area contributed by atoms with Crippen LogP contribution in [0.15, 0.2) is 42.6 Å². The van der Waals surface area contributed by atoms with Gasteiger partial charge >= 0.3 is 0 Å². The standard InChI is InChI=1S/C25H30N4O.ClH/c1-16(2)19-6-5-7-20(14-19)28-23-21-9-8-18(4)27-24(21)26-15-22(23)25(30)29-12-10-17(3)11-13-29;/h5-9,14-17H,10-13H2,1-4H3,(H,26,27,28);1H. The number of piperidine rings is 1. The molecule has 3 heterocycles. The second kappa shape index (κ2) is 9.65.